The number of halogens is 1. The quantitative estimate of drug-likeness (QED) is 0.652. The van der Waals surface area contributed by atoms with E-state index in [-0.39, 0.29) is 30.3 Å². The molecule has 7 nitrogen and oxygen atoms in total. The Labute approximate surface area is 160 Å². The van der Waals surface area contributed by atoms with Gasteiger partial charge in [-0.25, -0.2) is 4.68 Å². The van der Waals surface area contributed by atoms with Gasteiger partial charge >= 0.3 is 0 Å². The Bertz CT molecular complexity index is 684. The third-order valence-corrected chi connectivity index (χ3v) is 4.97. The summed E-state index contributed by atoms with van der Waals surface area (Å²) in [7, 11) is 0. The fourth-order valence-electron chi connectivity index (χ4n) is 3.56. The topological polar surface area (TPSA) is 89.9 Å². The molecular weight excluding hydrogens is 352 g/mol. The van der Waals surface area contributed by atoms with Crippen LogP contribution in [0.5, 0.6) is 0 Å². The van der Waals surface area contributed by atoms with Gasteiger partial charge in [-0.3, -0.25) is 9.69 Å². The molecule has 1 aliphatic rings. The van der Waals surface area contributed by atoms with Gasteiger partial charge < -0.3 is 18.1 Å². The summed E-state index contributed by atoms with van der Waals surface area (Å²) in [6.45, 7) is 4.56. The second-order valence-corrected chi connectivity index (χ2v) is 6.70. The number of carbonyl (C=O) groups excluding carboxylic acids is 1. The van der Waals surface area contributed by atoms with Crippen molar-refractivity contribution in [3.8, 4) is 0 Å². The predicted octanol–water partition coefficient (Wildman–Crippen LogP) is -1.24. The summed E-state index contributed by atoms with van der Waals surface area (Å²) in [4.78, 5) is 13.8. The molecule has 0 bridgehead atoms. The van der Waals surface area contributed by atoms with Gasteiger partial charge in [-0.2, -0.15) is 0 Å². The summed E-state index contributed by atoms with van der Waals surface area (Å²) in [5.74, 6) is 0.725. The lowest BCUT2D eigenvalue weighted by molar-refractivity contribution is -0.123. The Morgan fingerprint density at radius 1 is 1.27 bits per heavy atom. The molecule has 1 aromatic carbocycles. The summed E-state index contributed by atoms with van der Waals surface area (Å²) >= 11 is 0. The molecule has 1 saturated heterocycles. The maximum Gasteiger partial charge on any atom is 0.220 e. The van der Waals surface area contributed by atoms with E-state index in [1.54, 1.807) is 0 Å². The highest BCUT2D eigenvalue weighted by molar-refractivity contribution is 5.76. The van der Waals surface area contributed by atoms with E-state index in [2.05, 4.69) is 39.5 Å². The molecule has 3 rings (SSSR count). The minimum absolute atomic E-state index is 0. The largest absolute Gasteiger partial charge is 1.00 e. The van der Waals surface area contributed by atoms with Crippen LogP contribution < -0.4 is 18.1 Å². The van der Waals surface area contributed by atoms with Crippen LogP contribution in [0.15, 0.2) is 30.3 Å². The average Bonchev–Trinajstić information content (AvgIpc) is 3.08. The molecule has 1 fully saturated rings. The Balaban J connectivity index is 0.00000243. The number of hydrogen-bond acceptors (Lipinski definition) is 5. The lowest BCUT2D eigenvalue weighted by Gasteiger charge is -2.36. The number of primary amides is 1. The smallest absolute Gasteiger partial charge is 0.220 e. The van der Waals surface area contributed by atoms with Crippen molar-refractivity contribution in [1.29, 1.82) is 0 Å². The van der Waals surface area contributed by atoms with Crippen LogP contribution >= 0.6 is 0 Å². The van der Waals surface area contributed by atoms with Crippen LogP contribution in [0.2, 0.25) is 0 Å². The van der Waals surface area contributed by atoms with Gasteiger partial charge in [0.15, 0.2) is 5.82 Å². The van der Waals surface area contributed by atoms with E-state index in [4.69, 9.17) is 5.73 Å². The van der Waals surface area contributed by atoms with Crippen LogP contribution in [-0.4, -0.2) is 44.1 Å². The minimum Gasteiger partial charge on any atom is -1.00 e. The highest BCUT2D eigenvalue weighted by atomic mass is 35.5. The molecule has 2 heterocycles. The lowest BCUT2D eigenvalue weighted by atomic mass is 9.94. The third-order valence-electron chi connectivity index (χ3n) is 4.97. The van der Waals surface area contributed by atoms with Gasteiger partial charge in [0, 0.05) is 5.92 Å². The van der Waals surface area contributed by atoms with Crippen molar-refractivity contribution in [2.45, 2.75) is 45.2 Å². The number of nitrogens with zero attached hydrogens (tertiary/aromatic N) is 5. The van der Waals surface area contributed by atoms with E-state index in [1.807, 2.05) is 22.9 Å². The molecule has 1 aromatic heterocycles. The molecule has 0 spiro atoms. The first kappa shape index (κ1) is 20.3. The van der Waals surface area contributed by atoms with E-state index in [9.17, 15) is 4.79 Å². The second kappa shape index (κ2) is 9.64. The summed E-state index contributed by atoms with van der Waals surface area (Å²) in [5, 5.41) is 12.5. The van der Waals surface area contributed by atoms with Gasteiger partial charge in [-0.1, -0.05) is 43.7 Å². The standard InChI is InChI=1S/C18H26N6O.ClH/c1-2-6-16(23-11-9-15(10-12-23)17(19)25)18-20-21-22-24(18)13-14-7-4-3-5-8-14;/h3-5,7-8,15-16H,2,6,9-13H2,1H3,(H2,19,25);1H/p-1. The predicted molar refractivity (Wildman–Crippen MR) is 94.5 cm³/mol. The molecule has 1 amide bonds. The van der Waals surface area contributed by atoms with Crippen LogP contribution in [0.1, 0.15) is 50.0 Å². The molecule has 142 valence electrons. The van der Waals surface area contributed by atoms with E-state index >= 15 is 0 Å². The highest BCUT2D eigenvalue weighted by Crippen LogP contribution is 2.29. The van der Waals surface area contributed by atoms with Gasteiger partial charge in [0.2, 0.25) is 5.91 Å². The zero-order chi connectivity index (χ0) is 17.6. The van der Waals surface area contributed by atoms with Gasteiger partial charge in [-0.05, 0) is 48.3 Å². The van der Waals surface area contributed by atoms with Crippen LogP contribution in [0.25, 0.3) is 0 Å². The first-order valence-electron chi connectivity index (χ1n) is 9.02. The number of piperidine rings is 1. The van der Waals surface area contributed by atoms with Crippen molar-refractivity contribution < 1.29 is 17.2 Å². The van der Waals surface area contributed by atoms with Crippen molar-refractivity contribution >= 4 is 5.91 Å². The number of tetrazole rings is 1. The van der Waals surface area contributed by atoms with E-state index in [0.29, 0.717) is 6.54 Å². The van der Waals surface area contributed by atoms with Crippen LogP contribution in [0, 0.1) is 5.92 Å². The third kappa shape index (κ3) is 4.80. The number of nitrogens with two attached hydrogens (primary N) is 1. The number of rotatable bonds is 7. The van der Waals surface area contributed by atoms with E-state index in [0.717, 1.165) is 44.6 Å². The minimum atomic E-state index is -0.180. The summed E-state index contributed by atoms with van der Waals surface area (Å²) < 4.78 is 1.90. The van der Waals surface area contributed by atoms with Crippen molar-refractivity contribution in [3.63, 3.8) is 0 Å². The number of carbonyl (C=O) groups is 1. The number of likely N-dealkylation sites (tertiary alicyclic amines) is 1. The van der Waals surface area contributed by atoms with Gasteiger partial charge in [0.1, 0.15) is 0 Å². The molecule has 8 heteroatoms. The molecule has 2 N–H and O–H groups in total. The first-order valence-corrected chi connectivity index (χ1v) is 9.02. The monoisotopic (exact) mass is 377 g/mol. The summed E-state index contributed by atoms with van der Waals surface area (Å²) in [6.07, 6.45) is 3.68. The second-order valence-electron chi connectivity index (χ2n) is 6.70. The van der Waals surface area contributed by atoms with Crippen LogP contribution in [0.3, 0.4) is 0 Å². The van der Waals surface area contributed by atoms with E-state index in [1.165, 1.54) is 5.56 Å². The molecule has 1 aliphatic heterocycles. The zero-order valence-electron chi connectivity index (χ0n) is 15.1. The van der Waals surface area contributed by atoms with E-state index < -0.39 is 0 Å². The number of amides is 1. The Morgan fingerprint density at radius 3 is 2.58 bits per heavy atom. The van der Waals surface area contributed by atoms with Gasteiger partial charge in [0.25, 0.3) is 0 Å². The maximum atomic E-state index is 11.4. The molecule has 1 unspecified atom stereocenters. The Hall–Kier alpha value is -1.99. The zero-order valence-corrected chi connectivity index (χ0v) is 15.8. The molecule has 0 radical (unpaired) electrons. The Morgan fingerprint density at radius 2 is 1.96 bits per heavy atom. The van der Waals surface area contributed by atoms with Crippen molar-refractivity contribution in [2.24, 2.45) is 11.7 Å². The van der Waals surface area contributed by atoms with Gasteiger partial charge in [0.05, 0.1) is 12.6 Å². The summed E-state index contributed by atoms with van der Waals surface area (Å²) in [6, 6.07) is 10.4. The molecule has 26 heavy (non-hydrogen) atoms. The number of hydrogen-bond donors (Lipinski definition) is 1. The lowest BCUT2D eigenvalue weighted by Crippen LogP contribution is -3.00. The highest BCUT2D eigenvalue weighted by Gasteiger charge is 2.30. The fraction of sp³-hybridized carbons (Fsp3) is 0.556. The number of aromatic nitrogens is 4. The van der Waals surface area contributed by atoms with Crippen LogP contribution in [0.4, 0.5) is 0 Å². The molecule has 1 atom stereocenters. The molecule has 0 aliphatic carbocycles. The Kier molecular flexibility index (Phi) is 7.53. The summed E-state index contributed by atoms with van der Waals surface area (Å²) in [5.41, 5.74) is 6.64. The van der Waals surface area contributed by atoms with Crippen molar-refractivity contribution in [2.75, 3.05) is 13.1 Å². The normalized spacial score (nSPS) is 16.8. The first-order chi connectivity index (χ1) is 12.2. The number of benzene rings is 1. The SMILES string of the molecule is CCCC(c1nnnn1Cc1ccccc1)N1CCC(C(N)=O)CC1.[Cl-]. The van der Waals surface area contributed by atoms with Crippen LogP contribution in [-0.2, 0) is 11.3 Å². The molecule has 0 saturated carbocycles. The molecular formula is C18H26ClN6O-. The average molecular weight is 378 g/mol. The maximum absolute atomic E-state index is 11.4. The van der Waals surface area contributed by atoms with Crippen molar-refractivity contribution in [3.05, 3.63) is 41.7 Å². The van der Waals surface area contributed by atoms with Crippen molar-refractivity contribution in [1.82, 2.24) is 25.1 Å². The molecule has 2 aromatic rings. The fourth-order valence-corrected chi connectivity index (χ4v) is 3.56. The van der Waals surface area contributed by atoms with Gasteiger partial charge in [-0.15, -0.1) is 5.10 Å².